The lowest BCUT2D eigenvalue weighted by Gasteiger charge is -2.07. The summed E-state index contributed by atoms with van der Waals surface area (Å²) < 4.78 is 2.16. The fourth-order valence-electron chi connectivity index (χ4n) is 1.50. The lowest BCUT2D eigenvalue weighted by atomic mass is 10.1. The summed E-state index contributed by atoms with van der Waals surface area (Å²) in [6.45, 7) is 2.43. The molecule has 0 aliphatic carbocycles. The Hall–Kier alpha value is -0.880. The van der Waals surface area contributed by atoms with Gasteiger partial charge in [0.2, 0.25) is 0 Å². The van der Waals surface area contributed by atoms with E-state index < -0.39 is 0 Å². The van der Waals surface area contributed by atoms with Crippen molar-refractivity contribution in [3.63, 3.8) is 0 Å². The molecular formula is C12H10ClIN2O. The first-order chi connectivity index (χ1) is 8.08. The molecule has 0 saturated carbocycles. The summed E-state index contributed by atoms with van der Waals surface area (Å²) >= 11 is 8.11. The van der Waals surface area contributed by atoms with Crippen LogP contribution in [0.1, 0.15) is 11.1 Å². The SMILES string of the molecule is Cc1ccc(Cn2cncc(I)c2=O)c(Cl)c1. The Morgan fingerprint density at radius 1 is 1.47 bits per heavy atom. The summed E-state index contributed by atoms with van der Waals surface area (Å²) in [7, 11) is 0. The molecule has 1 aromatic heterocycles. The van der Waals surface area contributed by atoms with Crippen LogP contribution in [0.3, 0.4) is 0 Å². The van der Waals surface area contributed by atoms with Crippen LogP contribution in [0, 0.1) is 10.5 Å². The molecule has 17 heavy (non-hydrogen) atoms. The highest BCUT2D eigenvalue weighted by Gasteiger charge is 2.05. The summed E-state index contributed by atoms with van der Waals surface area (Å²) in [6.07, 6.45) is 3.08. The third kappa shape index (κ3) is 2.87. The second kappa shape index (κ2) is 5.18. The average Bonchev–Trinajstić information content (AvgIpc) is 2.28. The van der Waals surface area contributed by atoms with Crippen molar-refractivity contribution in [2.24, 2.45) is 0 Å². The highest BCUT2D eigenvalue weighted by atomic mass is 127. The van der Waals surface area contributed by atoms with Crippen LogP contribution in [0.2, 0.25) is 5.02 Å². The molecule has 0 bridgehead atoms. The Balaban J connectivity index is 2.38. The maximum atomic E-state index is 11.8. The number of halogens is 2. The highest BCUT2D eigenvalue weighted by Crippen LogP contribution is 2.18. The van der Waals surface area contributed by atoms with Crippen molar-refractivity contribution in [1.82, 2.24) is 9.55 Å². The van der Waals surface area contributed by atoms with Crippen LogP contribution in [0.5, 0.6) is 0 Å². The van der Waals surface area contributed by atoms with Gasteiger partial charge in [-0.1, -0.05) is 23.7 Å². The van der Waals surface area contributed by atoms with Crippen molar-refractivity contribution < 1.29 is 0 Å². The normalized spacial score (nSPS) is 10.5. The lowest BCUT2D eigenvalue weighted by molar-refractivity contribution is 0.730. The molecule has 88 valence electrons. The van der Waals surface area contributed by atoms with Crippen LogP contribution in [-0.4, -0.2) is 9.55 Å². The maximum Gasteiger partial charge on any atom is 0.267 e. The number of aromatic nitrogens is 2. The van der Waals surface area contributed by atoms with Gasteiger partial charge in [0.05, 0.1) is 16.4 Å². The van der Waals surface area contributed by atoms with Crippen LogP contribution in [0.4, 0.5) is 0 Å². The summed E-state index contributed by atoms with van der Waals surface area (Å²) in [5, 5.41) is 0.677. The standard InChI is InChI=1S/C12H10ClIN2O/c1-8-2-3-9(10(13)4-8)6-16-7-15-5-11(14)12(16)17/h2-5,7H,6H2,1H3. The average molecular weight is 361 g/mol. The Morgan fingerprint density at radius 2 is 2.24 bits per heavy atom. The molecule has 0 atom stereocenters. The van der Waals surface area contributed by atoms with E-state index in [0.717, 1.165) is 11.1 Å². The first-order valence-electron chi connectivity index (χ1n) is 5.03. The minimum Gasteiger partial charge on any atom is -0.294 e. The van der Waals surface area contributed by atoms with Gasteiger partial charge in [-0.2, -0.15) is 0 Å². The van der Waals surface area contributed by atoms with Gasteiger partial charge in [-0.3, -0.25) is 9.36 Å². The second-order valence-electron chi connectivity index (χ2n) is 3.77. The topological polar surface area (TPSA) is 34.9 Å². The molecule has 0 spiro atoms. The molecule has 0 radical (unpaired) electrons. The smallest absolute Gasteiger partial charge is 0.267 e. The van der Waals surface area contributed by atoms with Gasteiger partial charge >= 0.3 is 0 Å². The summed E-state index contributed by atoms with van der Waals surface area (Å²) in [6, 6.07) is 5.81. The number of hydrogen-bond acceptors (Lipinski definition) is 2. The van der Waals surface area contributed by atoms with Crippen LogP contribution >= 0.6 is 34.2 Å². The molecular weight excluding hydrogens is 351 g/mol. The number of benzene rings is 1. The number of aryl methyl sites for hydroxylation is 1. The molecule has 0 saturated heterocycles. The second-order valence-corrected chi connectivity index (χ2v) is 5.34. The molecule has 1 heterocycles. The van der Waals surface area contributed by atoms with E-state index in [0.29, 0.717) is 15.1 Å². The van der Waals surface area contributed by atoms with Gasteiger partial charge < -0.3 is 0 Å². The molecule has 0 aliphatic rings. The van der Waals surface area contributed by atoms with Crippen LogP contribution in [0.15, 0.2) is 35.5 Å². The van der Waals surface area contributed by atoms with E-state index in [2.05, 4.69) is 4.98 Å². The largest absolute Gasteiger partial charge is 0.294 e. The molecule has 2 aromatic rings. The quantitative estimate of drug-likeness (QED) is 0.772. The molecule has 3 nitrogen and oxygen atoms in total. The van der Waals surface area contributed by atoms with Gasteiger partial charge in [0.1, 0.15) is 0 Å². The summed E-state index contributed by atoms with van der Waals surface area (Å²) in [5.74, 6) is 0. The van der Waals surface area contributed by atoms with Crippen molar-refractivity contribution >= 4 is 34.2 Å². The monoisotopic (exact) mass is 360 g/mol. The van der Waals surface area contributed by atoms with Crippen molar-refractivity contribution in [3.05, 3.63) is 60.8 Å². The van der Waals surface area contributed by atoms with E-state index >= 15 is 0 Å². The van der Waals surface area contributed by atoms with Crippen molar-refractivity contribution in [1.29, 1.82) is 0 Å². The van der Waals surface area contributed by atoms with Crippen molar-refractivity contribution in [2.45, 2.75) is 13.5 Å². The zero-order valence-corrected chi connectivity index (χ0v) is 12.1. The van der Waals surface area contributed by atoms with E-state index in [-0.39, 0.29) is 5.56 Å². The fourth-order valence-corrected chi connectivity index (χ4v) is 2.27. The fraction of sp³-hybridized carbons (Fsp3) is 0.167. The van der Waals surface area contributed by atoms with Gasteiger partial charge in [0.25, 0.3) is 5.56 Å². The number of nitrogens with zero attached hydrogens (tertiary/aromatic N) is 2. The molecule has 2 rings (SSSR count). The van der Waals surface area contributed by atoms with Gasteiger partial charge in [0.15, 0.2) is 0 Å². The molecule has 5 heteroatoms. The molecule has 0 fully saturated rings. The summed E-state index contributed by atoms with van der Waals surface area (Å²) in [4.78, 5) is 15.8. The Labute approximate surface area is 118 Å². The number of hydrogen-bond donors (Lipinski definition) is 0. The molecule has 0 aliphatic heterocycles. The van der Waals surface area contributed by atoms with E-state index in [1.165, 1.54) is 6.33 Å². The van der Waals surface area contributed by atoms with Gasteiger partial charge in [-0.05, 0) is 46.7 Å². The van der Waals surface area contributed by atoms with Crippen molar-refractivity contribution in [2.75, 3.05) is 0 Å². The highest BCUT2D eigenvalue weighted by molar-refractivity contribution is 14.1. The van der Waals surface area contributed by atoms with Crippen LogP contribution < -0.4 is 5.56 Å². The number of rotatable bonds is 2. The van der Waals surface area contributed by atoms with Crippen molar-refractivity contribution in [3.8, 4) is 0 Å². The van der Waals surface area contributed by atoms with Crippen LogP contribution in [-0.2, 0) is 6.54 Å². The van der Waals surface area contributed by atoms with E-state index in [1.807, 2.05) is 47.7 Å². The molecule has 0 N–H and O–H groups in total. The van der Waals surface area contributed by atoms with E-state index in [1.54, 1.807) is 10.8 Å². The minimum absolute atomic E-state index is 0.0442. The van der Waals surface area contributed by atoms with Crippen LogP contribution in [0.25, 0.3) is 0 Å². The summed E-state index contributed by atoms with van der Waals surface area (Å²) in [5.41, 5.74) is 1.98. The zero-order chi connectivity index (χ0) is 12.4. The minimum atomic E-state index is -0.0442. The predicted molar refractivity (Wildman–Crippen MR) is 76.5 cm³/mol. The molecule has 0 unspecified atom stereocenters. The van der Waals surface area contributed by atoms with E-state index in [4.69, 9.17) is 11.6 Å². The zero-order valence-electron chi connectivity index (χ0n) is 9.15. The van der Waals surface area contributed by atoms with Gasteiger partial charge in [-0.15, -0.1) is 0 Å². The lowest BCUT2D eigenvalue weighted by Crippen LogP contribution is -2.23. The maximum absolute atomic E-state index is 11.8. The van der Waals surface area contributed by atoms with Gasteiger partial charge in [-0.25, -0.2) is 4.98 Å². The van der Waals surface area contributed by atoms with E-state index in [9.17, 15) is 4.79 Å². The third-order valence-corrected chi connectivity index (χ3v) is 3.50. The van der Waals surface area contributed by atoms with Gasteiger partial charge in [0, 0.05) is 11.2 Å². The molecule has 1 aromatic carbocycles. The Morgan fingerprint density at radius 3 is 2.94 bits per heavy atom. The first kappa shape index (κ1) is 12.6. The first-order valence-corrected chi connectivity index (χ1v) is 6.48. The Kier molecular flexibility index (Phi) is 3.83. The third-order valence-electron chi connectivity index (χ3n) is 2.41. The Bertz CT molecular complexity index is 610. The predicted octanol–water partition coefficient (Wildman–Crippen LogP) is 2.86. The molecule has 0 amide bonds.